The van der Waals surface area contributed by atoms with Crippen molar-refractivity contribution in [1.82, 2.24) is 14.9 Å². The fraction of sp³-hybridized carbons (Fsp3) is 0.381. The number of hydrogen-bond acceptors (Lipinski definition) is 6. The zero-order valence-electron chi connectivity index (χ0n) is 16.4. The van der Waals surface area contributed by atoms with Crippen LogP contribution in [0.25, 0.3) is 0 Å². The number of hydrogen-bond donors (Lipinski definition) is 1. The molecule has 1 aliphatic heterocycles. The Morgan fingerprint density at radius 1 is 1.45 bits per heavy atom. The van der Waals surface area contributed by atoms with Crippen molar-refractivity contribution in [2.24, 2.45) is 0 Å². The van der Waals surface area contributed by atoms with E-state index in [9.17, 15) is 9.18 Å². The molecule has 0 radical (unpaired) electrons. The lowest BCUT2D eigenvalue weighted by molar-refractivity contribution is 0.0718. The van der Waals surface area contributed by atoms with Gasteiger partial charge in [-0.15, -0.1) is 0 Å². The number of carbonyl (C=O) groups is 1. The quantitative estimate of drug-likeness (QED) is 0.639. The van der Waals surface area contributed by atoms with Crippen molar-refractivity contribution < 1.29 is 13.6 Å². The topological polar surface area (TPSA) is 71.3 Å². The molecule has 0 spiro atoms. The summed E-state index contributed by atoms with van der Waals surface area (Å²) < 4.78 is 19.4. The van der Waals surface area contributed by atoms with Gasteiger partial charge < -0.3 is 14.6 Å². The summed E-state index contributed by atoms with van der Waals surface area (Å²) in [6, 6.07) is 6.25. The predicted octanol–water partition coefficient (Wildman–Crippen LogP) is 4.58. The standard InChI is InChI=1S/C21H23FN4O2S/c1-3-23-21-25-13(2)18(29-21)20(27)26-9-5-8-17(26)19-24-12-16(28-19)11-14-6-4-7-15(22)10-14/h4,6-7,10,12,17H,3,5,8-9,11H2,1-2H3,(H,23,25)/t17-/m0/s1. The highest BCUT2D eigenvalue weighted by atomic mass is 32.1. The highest BCUT2D eigenvalue weighted by Gasteiger charge is 2.35. The second-order valence-corrected chi connectivity index (χ2v) is 8.09. The molecule has 0 saturated carbocycles. The number of oxazole rings is 1. The number of amides is 1. The van der Waals surface area contributed by atoms with Gasteiger partial charge in [-0.1, -0.05) is 23.5 Å². The molecular weight excluding hydrogens is 391 g/mol. The van der Waals surface area contributed by atoms with E-state index >= 15 is 0 Å². The first-order valence-corrected chi connectivity index (χ1v) is 10.6. The van der Waals surface area contributed by atoms with E-state index in [1.807, 2.05) is 24.8 Å². The molecular formula is C21H23FN4O2S. The number of rotatable bonds is 6. The highest BCUT2D eigenvalue weighted by molar-refractivity contribution is 7.17. The van der Waals surface area contributed by atoms with Crippen LogP contribution in [0.5, 0.6) is 0 Å². The number of aromatic nitrogens is 2. The molecule has 8 heteroatoms. The Labute approximate surface area is 172 Å². The SMILES string of the molecule is CCNc1nc(C)c(C(=O)N2CCC[C@H]2c2ncc(Cc3cccc(F)c3)o2)s1. The summed E-state index contributed by atoms with van der Waals surface area (Å²) in [5, 5.41) is 3.93. The average molecular weight is 415 g/mol. The lowest BCUT2D eigenvalue weighted by Crippen LogP contribution is -2.30. The van der Waals surface area contributed by atoms with E-state index in [4.69, 9.17) is 4.42 Å². The summed E-state index contributed by atoms with van der Waals surface area (Å²) in [6.45, 7) is 5.28. The van der Waals surface area contributed by atoms with Gasteiger partial charge in [-0.2, -0.15) is 0 Å². The molecule has 1 N–H and O–H groups in total. The van der Waals surface area contributed by atoms with Gasteiger partial charge in [-0.25, -0.2) is 14.4 Å². The minimum Gasteiger partial charge on any atom is -0.443 e. The van der Waals surface area contributed by atoms with Crippen LogP contribution in [0.3, 0.4) is 0 Å². The van der Waals surface area contributed by atoms with E-state index in [1.54, 1.807) is 12.3 Å². The number of thiazole rings is 1. The van der Waals surface area contributed by atoms with Crippen molar-refractivity contribution in [3.05, 3.63) is 64.1 Å². The summed E-state index contributed by atoms with van der Waals surface area (Å²) in [5.41, 5.74) is 1.56. The Morgan fingerprint density at radius 3 is 3.10 bits per heavy atom. The Morgan fingerprint density at radius 2 is 2.31 bits per heavy atom. The maximum atomic E-state index is 13.4. The minimum atomic E-state index is -0.272. The molecule has 4 rings (SSSR count). The number of anilines is 1. The maximum Gasteiger partial charge on any atom is 0.266 e. The van der Waals surface area contributed by atoms with Crippen LogP contribution >= 0.6 is 11.3 Å². The first-order valence-electron chi connectivity index (χ1n) is 9.76. The highest BCUT2D eigenvalue weighted by Crippen LogP contribution is 2.35. The number of nitrogens with zero attached hydrogens (tertiary/aromatic N) is 3. The molecule has 0 aliphatic carbocycles. The lowest BCUT2D eigenvalue weighted by Gasteiger charge is -2.21. The Bertz CT molecular complexity index is 1020. The van der Waals surface area contributed by atoms with E-state index in [2.05, 4.69) is 15.3 Å². The molecule has 29 heavy (non-hydrogen) atoms. The monoisotopic (exact) mass is 414 g/mol. The summed E-state index contributed by atoms with van der Waals surface area (Å²) in [4.78, 5) is 24.5. The van der Waals surface area contributed by atoms with Gasteiger partial charge >= 0.3 is 0 Å². The van der Waals surface area contributed by atoms with Gasteiger partial charge in [0.2, 0.25) is 5.89 Å². The molecule has 3 heterocycles. The van der Waals surface area contributed by atoms with Crippen molar-refractivity contribution in [3.8, 4) is 0 Å². The van der Waals surface area contributed by atoms with Crippen LogP contribution in [0.2, 0.25) is 0 Å². The molecule has 152 valence electrons. The molecule has 1 atom stereocenters. The molecule has 1 aromatic carbocycles. The van der Waals surface area contributed by atoms with Gasteiger partial charge in [-0.3, -0.25) is 4.79 Å². The first-order chi connectivity index (χ1) is 14.0. The van der Waals surface area contributed by atoms with Crippen LogP contribution < -0.4 is 5.32 Å². The Balaban J connectivity index is 1.51. The molecule has 6 nitrogen and oxygen atoms in total. The third kappa shape index (κ3) is 4.17. The Hall–Kier alpha value is -2.74. The second-order valence-electron chi connectivity index (χ2n) is 7.09. The van der Waals surface area contributed by atoms with Crippen molar-refractivity contribution in [3.63, 3.8) is 0 Å². The molecule has 0 bridgehead atoms. The fourth-order valence-electron chi connectivity index (χ4n) is 3.63. The van der Waals surface area contributed by atoms with Crippen LogP contribution in [0.1, 0.15) is 58.4 Å². The third-order valence-corrected chi connectivity index (χ3v) is 6.06. The zero-order valence-corrected chi connectivity index (χ0v) is 17.3. The summed E-state index contributed by atoms with van der Waals surface area (Å²) in [5.74, 6) is 0.896. The minimum absolute atomic E-state index is 0.0310. The normalized spacial score (nSPS) is 16.4. The largest absolute Gasteiger partial charge is 0.443 e. The van der Waals surface area contributed by atoms with Crippen LogP contribution in [0.4, 0.5) is 9.52 Å². The maximum absolute atomic E-state index is 13.4. The molecule has 3 aromatic rings. The third-order valence-electron chi connectivity index (χ3n) is 4.96. The van der Waals surface area contributed by atoms with E-state index in [0.717, 1.165) is 35.8 Å². The smallest absolute Gasteiger partial charge is 0.266 e. The molecule has 1 amide bonds. The van der Waals surface area contributed by atoms with Gasteiger partial charge in [-0.05, 0) is 44.4 Å². The van der Waals surface area contributed by atoms with Crippen molar-refractivity contribution in [2.75, 3.05) is 18.4 Å². The van der Waals surface area contributed by atoms with Gasteiger partial charge in [0.25, 0.3) is 5.91 Å². The van der Waals surface area contributed by atoms with Gasteiger partial charge in [0.05, 0.1) is 11.9 Å². The number of halogens is 1. The van der Waals surface area contributed by atoms with Crippen LogP contribution in [-0.2, 0) is 6.42 Å². The molecule has 1 aliphatic rings. The lowest BCUT2D eigenvalue weighted by atomic mass is 10.1. The second kappa shape index (κ2) is 8.32. The van der Waals surface area contributed by atoms with E-state index in [1.165, 1.54) is 23.5 Å². The van der Waals surface area contributed by atoms with E-state index in [-0.39, 0.29) is 17.8 Å². The van der Waals surface area contributed by atoms with Crippen LogP contribution in [-0.4, -0.2) is 33.9 Å². The zero-order chi connectivity index (χ0) is 20.4. The fourth-order valence-corrected chi connectivity index (χ4v) is 4.62. The van der Waals surface area contributed by atoms with Crippen LogP contribution in [0, 0.1) is 12.7 Å². The van der Waals surface area contributed by atoms with Crippen molar-refractivity contribution in [2.45, 2.75) is 39.2 Å². The van der Waals surface area contributed by atoms with E-state index in [0.29, 0.717) is 29.5 Å². The van der Waals surface area contributed by atoms with E-state index < -0.39 is 0 Å². The number of carbonyl (C=O) groups excluding carboxylic acids is 1. The molecule has 0 unspecified atom stereocenters. The van der Waals surface area contributed by atoms with Crippen LogP contribution in [0.15, 0.2) is 34.9 Å². The van der Waals surface area contributed by atoms with Crippen molar-refractivity contribution in [1.29, 1.82) is 0 Å². The average Bonchev–Trinajstić information content (AvgIpc) is 3.41. The number of likely N-dealkylation sites (tertiary alicyclic amines) is 1. The summed E-state index contributed by atoms with van der Waals surface area (Å²) >= 11 is 1.38. The van der Waals surface area contributed by atoms with Gasteiger partial charge in [0.15, 0.2) is 5.13 Å². The molecule has 1 saturated heterocycles. The summed E-state index contributed by atoms with van der Waals surface area (Å²) in [7, 11) is 0. The number of benzene rings is 1. The van der Waals surface area contributed by atoms with Crippen molar-refractivity contribution >= 4 is 22.4 Å². The van der Waals surface area contributed by atoms with Gasteiger partial charge in [0, 0.05) is 19.5 Å². The molecule has 1 fully saturated rings. The number of nitrogens with one attached hydrogen (secondary N) is 1. The molecule has 2 aromatic heterocycles. The number of aryl methyl sites for hydroxylation is 1. The van der Waals surface area contributed by atoms with Gasteiger partial charge in [0.1, 0.15) is 22.5 Å². The first kappa shape index (κ1) is 19.6. The summed E-state index contributed by atoms with van der Waals surface area (Å²) in [6.07, 6.45) is 3.84. The predicted molar refractivity (Wildman–Crippen MR) is 110 cm³/mol. The Kier molecular flexibility index (Phi) is 5.62.